The van der Waals surface area contributed by atoms with E-state index in [0.29, 0.717) is 38.7 Å². The van der Waals surface area contributed by atoms with E-state index in [4.69, 9.17) is 4.74 Å². The van der Waals surface area contributed by atoms with Crippen LogP contribution in [0.25, 0.3) is 0 Å². The van der Waals surface area contributed by atoms with E-state index in [-0.39, 0.29) is 47.2 Å². The predicted molar refractivity (Wildman–Crippen MR) is 135 cm³/mol. The van der Waals surface area contributed by atoms with Crippen LogP contribution in [0.3, 0.4) is 0 Å². The molecular weight excluding hydrogens is 522 g/mol. The lowest BCUT2D eigenvalue weighted by Crippen LogP contribution is -2.50. The number of hydrogen-bond donors (Lipinski definition) is 2. The van der Waals surface area contributed by atoms with Crippen LogP contribution in [0.5, 0.6) is 0 Å². The number of anilines is 1. The van der Waals surface area contributed by atoms with Gasteiger partial charge in [-0.2, -0.15) is 0 Å². The Balaban J connectivity index is 0.00000289. The van der Waals surface area contributed by atoms with Crippen LogP contribution in [0, 0.1) is 5.82 Å². The van der Waals surface area contributed by atoms with Crippen LogP contribution in [-0.4, -0.2) is 51.3 Å². The van der Waals surface area contributed by atoms with Crippen molar-refractivity contribution in [2.75, 3.05) is 38.3 Å². The summed E-state index contributed by atoms with van der Waals surface area (Å²) in [5, 5.41) is 6.81. The van der Waals surface area contributed by atoms with Crippen molar-refractivity contribution < 1.29 is 13.9 Å². The second-order valence-electron chi connectivity index (χ2n) is 8.21. The van der Waals surface area contributed by atoms with E-state index in [1.54, 1.807) is 24.1 Å². The number of nitrogens with one attached hydrogen (secondary N) is 2. The quantitative estimate of drug-likeness (QED) is 0.339. The maximum Gasteiger partial charge on any atom is 0.229 e. The zero-order valence-corrected chi connectivity index (χ0v) is 20.6. The summed E-state index contributed by atoms with van der Waals surface area (Å²) >= 11 is 0. The number of benzene rings is 2. The van der Waals surface area contributed by atoms with Crippen molar-refractivity contribution in [1.82, 2.24) is 10.6 Å². The van der Waals surface area contributed by atoms with Gasteiger partial charge in [-0.15, -0.1) is 24.0 Å². The molecule has 2 heterocycles. The molecule has 2 aromatic carbocycles. The molecule has 172 valence electrons. The Kier molecular flexibility index (Phi) is 8.47. The molecule has 2 aliphatic heterocycles. The topological polar surface area (TPSA) is 66.0 Å². The van der Waals surface area contributed by atoms with Gasteiger partial charge in [0.1, 0.15) is 5.82 Å². The van der Waals surface area contributed by atoms with E-state index < -0.39 is 0 Å². The molecule has 0 bridgehead atoms. The first-order valence-electron chi connectivity index (χ1n) is 10.8. The fraction of sp³-hybridized carbons (Fsp3) is 0.417. The summed E-state index contributed by atoms with van der Waals surface area (Å²) < 4.78 is 19.5. The molecule has 4 rings (SSSR count). The summed E-state index contributed by atoms with van der Waals surface area (Å²) in [6.07, 6.45) is 2.03. The van der Waals surface area contributed by atoms with Crippen molar-refractivity contribution in [2.45, 2.75) is 30.7 Å². The number of para-hydroxylation sites is 1. The lowest BCUT2D eigenvalue weighted by molar-refractivity contribution is -0.117. The minimum atomic E-state index is -0.226. The maximum absolute atomic E-state index is 13.9. The van der Waals surface area contributed by atoms with Gasteiger partial charge >= 0.3 is 0 Å². The third kappa shape index (κ3) is 5.58. The molecule has 2 aliphatic rings. The fourth-order valence-electron chi connectivity index (χ4n) is 4.45. The van der Waals surface area contributed by atoms with Crippen LogP contribution in [-0.2, 0) is 14.9 Å². The lowest BCUT2D eigenvalue weighted by Gasteiger charge is -2.38. The Morgan fingerprint density at radius 2 is 1.94 bits per heavy atom. The van der Waals surface area contributed by atoms with Gasteiger partial charge in [0.05, 0.1) is 6.04 Å². The van der Waals surface area contributed by atoms with Gasteiger partial charge in [-0.25, -0.2) is 4.39 Å². The molecule has 2 N–H and O–H groups in total. The largest absolute Gasteiger partial charge is 0.381 e. The van der Waals surface area contributed by atoms with Gasteiger partial charge in [0.2, 0.25) is 5.91 Å². The average Bonchev–Trinajstić information content (AvgIpc) is 3.18. The van der Waals surface area contributed by atoms with Gasteiger partial charge < -0.3 is 20.3 Å². The molecule has 2 fully saturated rings. The average molecular weight is 552 g/mol. The number of nitrogens with zero attached hydrogens (tertiary/aromatic N) is 2. The molecule has 8 heteroatoms. The van der Waals surface area contributed by atoms with E-state index in [0.717, 1.165) is 24.1 Å². The van der Waals surface area contributed by atoms with Crippen LogP contribution in [0.1, 0.15) is 24.8 Å². The third-order valence-corrected chi connectivity index (χ3v) is 6.24. The van der Waals surface area contributed by atoms with Gasteiger partial charge in [0, 0.05) is 50.9 Å². The van der Waals surface area contributed by atoms with Gasteiger partial charge in [-0.1, -0.05) is 30.3 Å². The Bertz CT molecular complexity index is 935. The number of amides is 1. The summed E-state index contributed by atoms with van der Waals surface area (Å²) in [5.41, 5.74) is 1.66. The van der Waals surface area contributed by atoms with E-state index in [2.05, 4.69) is 15.6 Å². The van der Waals surface area contributed by atoms with Crippen molar-refractivity contribution in [3.63, 3.8) is 0 Å². The van der Waals surface area contributed by atoms with Crippen molar-refractivity contribution in [3.05, 3.63) is 66.0 Å². The molecule has 32 heavy (non-hydrogen) atoms. The number of carbonyl (C=O) groups excluding carboxylic acids is 1. The smallest absolute Gasteiger partial charge is 0.229 e. The first-order valence-corrected chi connectivity index (χ1v) is 10.8. The van der Waals surface area contributed by atoms with E-state index in [1.807, 2.05) is 36.4 Å². The van der Waals surface area contributed by atoms with Crippen LogP contribution < -0.4 is 15.5 Å². The van der Waals surface area contributed by atoms with E-state index in [9.17, 15) is 9.18 Å². The zero-order valence-electron chi connectivity index (χ0n) is 18.2. The summed E-state index contributed by atoms with van der Waals surface area (Å²) in [7, 11) is 1.72. The van der Waals surface area contributed by atoms with Gasteiger partial charge in [0.15, 0.2) is 5.96 Å². The van der Waals surface area contributed by atoms with Gasteiger partial charge in [0.25, 0.3) is 0 Å². The zero-order chi connectivity index (χ0) is 21.7. The maximum atomic E-state index is 13.9. The van der Waals surface area contributed by atoms with Crippen LogP contribution in [0.4, 0.5) is 10.1 Å². The Labute approximate surface area is 205 Å². The number of ether oxygens (including phenoxy) is 1. The summed E-state index contributed by atoms with van der Waals surface area (Å²) in [6, 6.07) is 16.5. The minimum Gasteiger partial charge on any atom is -0.381 e. The normalized spacial score (nSPS) is 20.6. The van der Waals surface area contributed by atoms with Gasteiger partial charge in [-0.3, -0.25) is 9.79 Å². The van der Waals surface area contributed by atoms with E-state index in [1.165, 1.54) is 6.07 Å². The molecule has 1 amide bonds. The molecule has 1 unspecified atom stereocenters. The molecule has 2 aromatic rings. The lowest BCUT2D eigenvalue weighted by atomic mass is 9.74. The predicted octanol–water partition coefficient (Wildman–Crippen LogP) is 3.46. The van der Waals surface area contributed by atoms with Crippen molar-refractivity contribution in [2.24, 2.45) is 4.99 Å². The third-order valence-electron chi connectivity index (χ3n) is 6.24. The Hall–Kier alpha value is -2.20. The number of guanidine groups is 1. The molecule has 6 nitrogen and oxygen atoms in total. The monoisotopic (exact) mass is 552 g/mol. The molecule has 1 atom stereocenters. The fourth-order valence-corrected chi connectivity index (χ4v) is 4.45. The second-order valence-corrected chi connectivity index (χ2v) is 8.21. The summed E-state index contributed by atoms with van der Waals surface area (Å²) in [4.78, 5) is 18.7. The molecule has 0 radical (unpaired) electrons. The first-order chi connectivity index (χ1) is 15.1. The van der Waals surface area contributed by atoms with Gasteiger partial charge in [-0.05, 0) is 42.7 Å². The van der Waals surface area contributed by atoms with Crippen molar-refractivity contribution in [3.8, 4) is 0 Å². The molecular formula is C24H30FIN4O2. The Morgan fingerprint density at radius 3 is 2.62 bits per heavy atom. The highest BCUT2D eigenvalue weighted by molar-refractivity contribution is 14.0. The van der Waals surface area contributed by atoms with Crippen molar-refractivity contribution in [1.29, 1.82) is 0 Å². The molecule has 0 aromatic heterocycles. The number of halogens is 2. The van der Waals surface area contributed by atoms with Crippen LogP contribution in [0.2, 0.25) is 0 Å². The van der Waals surface area contributed by atoms with E-state index >= 15 is 0 Å². The van der Waals surface area contributed by atoms with Crippen LogP contribution in [0.15, 0.2) is 59.6 Å². The highest BCUT2D eigenvalue weighted by atomic mass is 127. The second kappa shape index (κ2) is 11.1. The summed E-state index contributed by atoms with van der Waals surface area (Å²) in [5.74, 6) is 0.520. The minimum absolute atomic E-state index is 0. The molecule has 0 aliphatic carbocycles. The number of hydrogen-bond acceptors (Lipinski definition) is 3. The number of rotatable bonds is 5. The van der Waals surface area contributed by atoms with Crippen LogP contribution >= 0.6 is 24.0 Å². The highest BCUT2D eigenvalue weighted by Gasteiger charge is 2.36. The molecule has 2 saturated heterocycles. The summed E-state index contributed by atoms with van der Waals surface area (Å²) in [6.45, 7) is 2.50. The first kappa shape index (κ1) is 24.4. The highest BCUT2D eigenvalue weighted by Crippen LogP contribution is 2.34. The standard InChI is InChI=1S/C24H29FN4O2.HI/c1-26-23(28-20-15-22(30)29(16-20)21-8-3-2-4-9-21)27-17-24(10-12-31-13-11-24)18-6-5-7-19(25)14-18;/h2-9,14,20H,10-13,15-17H2,1H3,(H2,26,27,28);1H. The van der Waals surface area contributed by atoms with Crippen molar-refractivity contribution >= 4 is 41.5 Å². The Morgan fingerprint density at radius 1 is 1.19 bits per heavy atom. The molecule has 0 saturated carbocycles. The molecule has 0 spiro atoms. The number of aliphatic imine (C=N–C) groups is 1. The number of carbonyl (C=O) groups is 1. The SMILES string of the molecule is CN=C(NCC1(c2cccc(F)c2)CCOCC1)NC1CC(=O)N(c2ccccc2)C1.I.